The SMILES string of the molecule is Cc1ncccc1Oc1cnc2ccccc2c1. The van der Waals surface area contributed by atoms with Gasteiger partial charge in [-0.3, -0.25) is 9.97 Å². The molecule has 2 heterocycles. The molecule has 0 saturated carbocycles. The van der Waals surface area contributed by atoms with Crippen LogP contribution in [0.2, 0.25) is 0 Å². The van der Waals surface area contributed by atoms with Crippen LogP contribution in [-0.2, 0) is 0 Å². The van der Waals surface area contributed by atoms with E-state index in [0.29, 0.717) is 0 Å². The Balaban J connectivity index is 1.98. The van der Waals surface area contributed by atoms with Crippen LogP contribution in [-0.4, -0.2) is 9.97 Å². The Bertz CT molecular complexity index is 695. The molecule has 88 valence electrons. The number of aryl methyl sites for hydroxylation is 1. The lowest BCUT2D eigenvalue weighted by atomic mass is 10.2. The molecule has 3 aromatic rings. The van der Waals surface area contributed by atoms with Gasteiger partial charge in [0.05, 0.1) is 17.4 Å². The first-order valence-electron chi connectivity index (χ1n) is 5.77. The molecule has 0 unspecified atom stereocenters. The van der Waals surface area contributed by atoms with Crippen LogP contribution >= 0.6 is 0 Å². The Morgan fingerprint density at radius 2 is 1.89 bits per heavy atom. The molecule has 3 nitrogen and oxygen atoms in total. The molecular weight excluding hydrogens is 224 g/mol. The Kier molecular flexibility index (Phi) is 2.65. The van der Waals surface area contributed by atoms with Gasteiger partial charge >= 0.3 is 0 Å². The van der Waals surface area contributed by atoms with Gasteiger partial charge in [-0.2, -0.15) is 0 Å². The summed E-state index contributed by atoms with van der Waals surface area (Å²) in [4.78, 5) is 8.55. The summed E-state index contributed by atoms with van der Waals surface area (Å²) in [5.41, 5.74) is 1.83. The topological polar surface area (TPSA) is 35.0 Å². The summed E-state index contributed by atoms with van der Waals surface area (Å²) in [6, 6.07) is 13.7. The molecule has 2 aromatic heterocycles. The van der Waals surface area contributed by atoms with Crippen LogP contribution in [0.1, 0.15) is 5.69 Å². The van der Waals surface area contributed by atoms with Crippen LogP contribution in [0.4, 0.5) is 0 Å². The van der Waals surface area contributed by atoms with E-state index in [1.54, 1.807) is 12.4 Å². The van der Waals surface area contributed by atoms with E-state index in [0.717, 1.165) is 28.1 Å². The standard InChI is InChI=1S/C15H12N2O/c1-11-15(7-4-8-16-11)18-13-9-12-5-2-3-6-14(12)17-10-13/h2-10H,1H3. The highest BCUT2D eigenvalue weighted by molar-refractivity contribution is 5.79. The average molecular weight is 236 g/mol. The van der Waals surface area contributed by atoms with Gasteiger partial charge in [-0.1, -0.05) is 18.2 Å². The van der Waals surface area contributed by atoms with E-state index in [-0.39, 0.29) is 0 Å². The van der Waals surface area contributed by atoms with Gasteiger partial charge in [0, 0.05) is 11.6 Å². The average Bonchev–Trinajstić information content (AvgIpc) is 2.41. The second kappa shape index (κ2) is 4.45. The van der Waals surface area contributed by atoms with Crippen molar-refractivity contribution < 1.29 is 4.74 Å². The zero-order chi connectivity index (χ0) is 12.4. The van der Waals surface area contributed by atoms with Gasteiger partial charge in [-0.05, 0) is 31.2 Å². The normalized spacial score (nSPS) is 10.5. The molecule has 3 rings (SSSR count). The molecule has 0 N–H and O–H groups in total. The zero-order valence-electron chi connectivity index (χ0n) is 10.00. The van der Waals surface area contributed by atoms with Crippen molar-refractivity contribution in [1.82, 2.24) is 9.97 Å². The number of fused-ring (bicyclic) bond motifs is 1. The van der Waals surface area contributed by atoms with Crippen LogP contribution in [0.3, 0.4) is 0 Å². The third-order valence-electron chi connectivity index (χ3n) is 2.75. The van der Waals surface area contributed by atoms with E-state index < -0.39 is 0 Å². The molecule has 0 amide bonds. The van der Waals surface area contributed by atoms with E-state index in [1.165, 1.54) is 0 Å². The number of hydrogen-bond acceptors (Lipinski definition) is 3. The van der Waals surface area contributed by atoms with Crippen LogP contribution in [0.25, 0.3) is 10.9 Å². The first-order chi connectivity index (χ1) is 8.83. The molecule has 1 aromatic carbocycles. The lowest BCUT2D eigenvalue weighted by molar-refractivity contribution is 0.474. The van der Waals surface area contributed by atoms with Crippen molar-refractivity contribution in [2.24, 2.45) is 0 Å². The highest BCUT2D eigenvalue weighted by Crippen LogP contribution is 2.25. The number of hydrogen-bond donors (Lipinski definition) is 0. The van der Waals surface area contributed by atoms with Gasteiger partial charge in [0.2, 0.25) is 0 Å². The summed E-state index contributed by atoms with van der Waals surface area (Å²) in [5.74, 6) is 1.49. The minimum absolute atomic E-state index is 0.727. The van der Waals surface area contributed by atoms with Gasteiger partial charge in [0.1, 0.15) is 11.5 Å². The number of para-hydroxylation sites is 1. The predicted octanol–water partition coefficient (Wildman–Crippen LogP) is 3.73. The molecular formula is C15H12N2O. The third kappa shape index (κ3) is 2.02. The van der Waals surface area contributed by atoms with E-state index in [1.807, 2.05) is 49.4 Å². The summed E-state index contributed by atoms with van der Waals surface area (Å²) in [5, 5.41) is 1.07. The van der Waals surface area contributed by atoms with E-state index in [2.05, 4.69) is 9.97 Å². The maximum Gasteiger partial charge on any atom is 0.148 e. The molecule has 0 fully saturated rings. The Labute approximate surface area is 105 Å². The first kappa shape index (κ1) is 10.7. The van der Waals surface area contributed by atoms with Gasteiger partial charge in [0.25, 0.3) is 0 Å². The summed E-state index contributed by atoms with van der Waals surface area (Å²) >= 11 is 0. The number of rotatable bonds is 2. The highest BCUT2D eigenvalue weighted by atomic mass is 16.5. The fourth-order valence-corrected chi connectivity index (χ4v) is 1.81. The molecule has 0 aliphatic rings. The molecule has 18 heavy (non-hydrogen) atoms. The molecule has 3 heteroatoms. The molecule has 0 radical (unpaired) electrons. The number of pyridine rings is 2. The van der Waals surface area contributed by atoms with Crippen LogP contribution in [0, 0.1) is 6.92 Å². The fourth-order valence-electron chi connectivity index (χ4n) is 1.81. The fraction of sp³-hybridized carbons (Fsp3) is 0.0667. The van der Waals surface area contributed by atoms with Gasteiger partial charge < -0.3 is 4.74 Å². The second-order valence-electron chi connectivity index (χ2n) is 4.05. The van der Waals surface area contributed by atoms with Crippen molar-refractivity contribution in [3.05, 3.63) is 60.6 Å². The van der Waals surface area contributed by atoms with E-state index in [9.17, 15) is 0 Å². The largest absolute Gasteiger partial charge is 0.454 e. The number of ether oxygens (including phenoxy) is 1. The third-order valence-corrected chi connectivity index (χ3v) is 2.75. The molecule has 0 aliphatic heterocycles. The Hall–Kier alpha value is -2.42. The quantitative estimate of drug-likeness (QED) is 0.680. The van der Waals surface area contributed by atoms with Crippen molar-refractivity contribution >= 4 is 10.9 Å². The lowest BCUT2D eigenvalue weighted by Crippen LogP contribution is -1.90. The molecule has 0 saturated heterocycles. The van der Waals surface area contributed by atoms with Crippen LogP contribution in [0.5, 0.6) is 11.5 Å². The number of benzene rings is 1. The molecule has 0 atom stereocenters. The van der Waals surface area contributed by atoms with Crippen molar-refractivity contribution in [3.63, 3.8) is 0 Å². The minimum Gasteiger partial charge on any atom is -0.454 e. The van der Waals surface area contributed by atoms with Gasteiger partial charge in [0.15, 0.2) is 0 Å². The van der Waals surface area contributed by atoms with Crippen molar-refractivity contribution in [3.8, 4) is 11.5 Å². The Morgan fingerprint density at radius 1 is 1.00 bits per heavy atom. The van der Waals surface area contributed by atoms with Gasteiger partial charge in [-0.15, -0.1) is 0 Å². The number of aromatic nitrogens is 2. The van der Waals surface area contributed by atoms with Crippen LogP contribution < -0.4 is 4.74 Å². The minimum atomic E-state index is 0.727. The maximum atomic E-state index is 5.79. The lowest BCUT2D eigenvalue weighted by Gasteiger charge is -2.07. The second-order valence-corrected chi connectivity index (χ2v) is 4.05. The molecule has 0 bridgehead atoms. The van der Waals surface area contributed by atoms with Crippen LogP contribution in [0.15, 0.2) is 54.9 Å². The van der Waals surface area contributed by atoms with Crippen molar-refractivity contribution in [1.29, 1.82) is 0 Å². The monoisotopic (exact) mass is 236 g/mol. The summed E-state index contributed by atoms with van der Waals surface area (Å²) in [6.45, 7) is 1.92. The van der Waals surface area contributed by atoms with Crippen molar-refractivity contribution in [2.75, 3.05) is 0 Å². The summed E-state index contributed by atoms with van der Waals surface area (Å²) in [6.07, 6.45) is 3.48. The highest BCUT2D eigenvalue weighted by Gasteiger charge is 2.03. The number of nitrogens with zero attached hydrogens (tertiary/aromatic N) is 2. The molecule has 0 spiro atoms. The summed E-state index contributed by atoms with van der Waals surface area (Å²) in [7, 11) is 0. The first-order valence-corrected chi connectivity index (χ1v) is 5.77. The molecule has 0 aliphatic carbocycles. The predicted molar refractivity (Wildman–Crippen MR) is 70.8 cm³/mol. The maximum absolute atomic E-state index is 5.79. The van der Waals surface area contributed by atoms with E-state index in [4.69, 9.17) is 4.74 Å². The zero-order valence-corrected chi connectivity index (χ0v) is 10.00. The Morgan fingerprint density at radius 3 is 2.78 bits per heavy atom. The van der Waals surface area contributed by atoms with E-state index >= 15 is 0 Å². The smallest absolute Gasteiger partial charge is 0.148 e. The summed E-state index contributed by atoms with van der Waals surface area (Å²) < 4.78 is 5.79. The van der Waals surface area contributed by atoms with Crippen molar-refractivity contribution in [2.45, 2.75) is 6.92 Å². The van der Waals surface area contributed by atoms with Gasteiger partial charge in [-0.25, -0.2) is 0 Å².